The zero-order valence-electron chi connectivity index (χ0n) is 6.57. The molecular weight excluding hydrogens is 140 g/mol. The molecule has 0 aliphatic heterocycles. The summed E-state index contributed by atoms with van der Waals surface area (Å²) >= 11 is 0. The fourth-order valence-corrected chi connectivity index (χ4v) is 1.23. The molecule has 4 nitrogen and oxygen atoms in total. The maximum atomic E-state index is 4.14. The number of fused-ring (bicyclic) bond motifs is 1. The number of nitrogens with zero attached hydrogens (tertiary/aromatic N) is 3. The van der Waals surface area contributed by atoms with Crippen molar-refractivity contribution in [2.24, 2.45) is 7.05 Å². The molecule has 0 atom stereocenters. The first-order valence-corrected chi connectivity index (χ1v) is 3.49. The first kappa shape index (κ1) is 6.27. The third-order valence-corrected chi connectivity index (χ3v) is 1.80. The normalized spacial score (nSPS) is 10.7. The van der Waals surface area contributed by atoms with Crippen molar-refractivity contribution < 1.29 is 0 Å². The smallest absolute Gasteiger partial charge is 0.158 e. The molecule has 0 amide bonds. The molecule has 0 radical (unpaired) electrons. The Kier molecular flexibility index (Phi) is 1.15. The third-order valence-electron chi connectivity index (χ3n) is 1.80. The third kappa shape index (κ3) is 0.721. The van der Waals surface area contributed by atoms with Crippen LogP contribution in [0.3, 0.4) is 0 Å². The molecule has 11 heavy (non-hydrogen) atoms. The molecule has 2 aromatic heterocycles. The lowest BCUT2D eigenvalue weighted by Crippen LogP contribution is -1.91. The van der Waals surface area contributed by atoms with E-state index < -0.39 is 0 Å². The Bertz CT molecular complexity index is 371. The van der Waals surface area contributed by atoms with Gasteiger partial charge in [0.05, 0.1) is 11.9 Å². The SMILES string of the molecule is CNc1cnn2ccn(C)c12. The molecule has 2 aromatic rings. The molecule has 2 heterocycles. The molecule has 0 fully saturated rings. The molecular formula is C7H10N4. The summed E-state index contributed by atoms with van der Waals surface area (Å²) in [6.45, 7) is 0. The monoisotopic (exact) mass is 150 g/mol. The van der Waals surface area contributed by atoms with Gasteiger partial charge in [0.15, 0.2) is 5.65 Å². The molecule has 0 spiro atoms. The van der Waals surface area contributed by atoms with Crippen molar-refractivity contribution in [1.29, 1.82) is 0 Å². The van der Waals surface area contributed by atoms with Gasteiger partial charge < -0.3 is 9.88 Å². The summed E-state index contributed by atoms with van der Waals surface area (Å²) in [5.41, 5.74) is 2.14. The average Bonchev–Trinajstić information content (AvgIpc) is 2.54. The Morgan fingerprint density at radius 2 is 2.27 bits per heavy atom. The molecule has 4 heteroatoms. The summed E-state index contributed by atoms with van der Waals surface area (Å²) in [4.78, 5) is 0. The zero-order chi connectivity index (χ0) is 7.84. The molecule has 2 rings (SSSR count). The number of hydrogen-bond donors (Lipinski definition) is 1. The van der Waals surface area contributed by atoms with Crippen LogP contribution in [0, 0.1) is 0 Å². The predicted octanol–water partition coefficient (Wildman–Crippen LogP) is 0.714. The molecule has 0 bridgehead atoms. The maximum Gasteiger partial charge on any atom is 0.158 e. The van der Waals surface area contributed by atoms with Gasteiger partial charge in [0, 0.05) is 26.5 Å². The summed E-state index contributed by atoms with van der Waals surface area (Å²) in [6, 6.07) is 0. The highest BCUT2D eigenvalue weighted by Crippen LogP contribution is 2.14. The van der Waals surface area contributed by atoms with Crippen molar-refractivity contribution in [3.63, 3.8) is 0 Å². The second-order valence-electron chi connectivity index (χ2n) is 2.49. The van der Waals surface area contributed by atoms with Crippen LogP contribution in [0.5, 0.6) is 0 Å². The van der Waals surface area contributed by atoms with Gasteiger partial charge in [-0.2, -0.15) is 5.10 Å². The van der Waals surface area contributed by atoms with Gasteiger partial charge >= 0.3 is 0 Å². The van der Waals surface area contributed by atoms with E-state index in [1.165, 1.54) is 0 Å². The fraction of sp³-hybridized carbons (Fsp3) is 0.286. The highest BCUT2D eigenvalue weighted by Gasteiger charge is 2.03. The molecule has 0 saturated carbocycles. The number of aryl methyl sites for hydroxylation is 1. The number of nitrogens with one attached hydrogen (secondary N) is 1. The Hall–Kier alpha value is -1.45. The first-order chi connectivity index (χ1) is 5.33. The highest BCUT2D eigenvalue weighted by atomic mass is 15.3. The minimum absolute atomic E-state index is 1.05. The lowest BCUT2D eigenvalue weighted by atomic mass is 10.5. The second-order valence-corrected chi connectivity index (χ2v) is 2.49. The van der Waals surface area contributed by atoms with Crippen molar-refractivity contribution in [2.45, 2.75) is 0 Å². The van der Waals surface area contributed by atoms with Crippen LogP contribution in [0.1, 0.15) is 0 Å². The lowest BCUT2D eigenvalue weighted by Gasteiger charge is -1.95. The van der Waals surface area contributed by atoms with Gasteiger partial charge in [-0.1, -0.05) is 0 Å². The van der Waals surface area contributed by atoms with E-state index in [0.717, 1.165) is 11.3 Å². The van der Waals surface area contributed by atoms with Gasteiger partial charge in [-0.15, -0.1) is 0 Å². The number of imidazole rings is 1. The van der Waals surface area contributed by atoms with E-state index in [1.54, 1.807) is 0 Å². The van der Waals surface area contributed by atoms with Crippen LogP contribution in [-0.4, -0.2) is 21.2 Å². The molecule has 0 aromatic carbocycles. The molecule has 0 saturated heterocycles. The summed E-state index contributed by atoms with van der Waals surface area (Å²) < 4.78 is 3.87. The van der Waals surface area contributed by atoms with E-state index in [4.69, 9.17) is 0 Å². The standard InChI is InChI=1S/C7H10N4/c1-8-6-5-9-11-4-3-10(2)7(6)11/h3-5,8H,1-2H3. The van der Waals surface area contributed by atoms with Crippen molar-refractivity contribution in [1.82, 2.24) is 14.2 Å². The largest absolute Gasteiger partial charge is 0.384 e. The fourth-order valence-electron chi connectivity index (χ4n) is 1.23. The van der Waals surface area contributed by atoms with Gasteiger partial charge in [-0.25, -0.2) is 4.52 Å². The summed E-state index contributed by atoms with van der Waals surface area (Å²) in [5, 5.41) is 7.22. The predicted molar refractivity (Wildman–Crippen MR) is 43.7 cm³/mol. The zero-order valence-corrected chi connectivity index (χ0v) is 6.57. The van der Waals surface area contributed by atoms with Crippen molar-refractivity contribution in [3.8, 4) is 0 Å². The Morgan fingerprint density at radius 1 is 1.45 bits per heavy atom. The molecule has 0 unspecified atom stereocenters. The van der Waals surface area contributed by atoms with E-state index in [9.17, 15) is 0 Å². The quantitative estimate of drug-likeness (QED) is 0.649. The van der Waals surface area contributed by atoms with E-state index in [-0.39, 0.29) is 0 Å². The second kappa shape index (κ2) is 2.02. The van der Waals surface area contributed by atoms with Crippen LogP contribution in [0.25, 0.3) is 5.65 Å². The van der Waals surface area contributed by atoms with Crippen LogP contribution in [0.4, 0.5) is 5.69 Å². The average molecular weight is 150 g/mol. The number of hydrogen-bond acceptors (Lipinski definition) is 2. The van der Waals surface area contributed by atoms with Crippen molar-refractivity contribution in [3.05, 3.63) is 18.6 Å². The van der Waals surface area contributed by atoms with Crippen molar-refractivity contribution >= 4 is 11.3 Å². The Labute approximate surface area is 64.4 Å². The van der Waals surface area contributed by atoms with Gasteiger partial charge in [-0.3, -0.25) is 0 Å². The van der Waals surface area contributed by atoms with Gasteiger partial charge in [0.25, 0.3) is 0 Å². The number of anilines is 1. The number of rotatable bonds is 1. The minimum atomic E-state index is 1.05. The molecule has 0 aliphatic rings. The van der Waals surface area contributed by atoms with Crippen molar-refractivity contribution in [2.75, 3.05) is 12.4 Å². The van der Waals surface area contributed by atoms with E-state index in [1.807, 2.05) is 41.8 Å². The number of aromatic nitrogens is 3. The van der Waals surface area contributed by atoms with E-state index in [0.29, 0.717) is 0 Å². The summed E-state index contributed by atoms with van der Waals surface area (Å²) in [6.07, 6.45) is 5.72. The maximum absolute atomic E-state index is 4.14. The topological polar surface area (TPSA) is 34.3 Å². The van der Waals surface area contributed by atoms with Gasteiger partial charge in [-0.05, 0) is 0 Å². The summed E-state index contributed by atoms with van der Waals surface area (Å²) in [7, 11) is 3.89. The van der Waals surface area contributed by atoms with Crippen LogP contribution in [0.2, 0.25) is 0 Å². The van der Waals surface area contributed by atoms with Crippen LogP contribution in [0.15, 0.2) is 18.6 Å². The molecule has 58 valence electrons. The molecule has 1 N–H and O–H groups in total. The van der Waals surface area contributed by atoms with E-state index >= 15 is 0 Å². The van der Waals surface area contributed by atoms with Gasteiger partial charge in [0.2, 0.25) is 0 Å². The first-order valence-electron chi connectivity index (χ1n) is 3.49. The highest BCUT2D eigenvalue weighted by molar-refractivity contribution is 5.66. The summed E-state index contributed by atoms with van der Waals surface area (Å²) in [5.74, 6) is 0. The van der Waals surface area contributed by atoms with E-state index in [2.05, 4.69) is 10.4 Å². The van der Waals surface area contributed by atoms with Crippen LogP contribution in [-0.2, 0) is 7.05 Å². The minimum Gasteiger partial charge on any atom is -0.384 e. The van der Waals surface area contributed by atoms with Gasteiger partial charge in [0.1, 0.15) is 0 Å². The Balaban J connectivity index is 2.80. The Morgan fingerprint density at radius 3 is 3.00 bits per heavy atom. The van der Waals surface area contributed by atoms with Crippen LogP contribution >= 0.6 is 0 Å². The lowest BCUT2D eigenvalue weighted by molar-refractivity contribution is 0.928. The molecule has 0 aliphatic carbocycles. The van der Waals surface area contributed by atoms with Crippen LogP contribution < -0.4 is 5.32 Å².